The molecule has 1 saturated heterocycles. The van der Waals surface area contributed by atoms with E-state index in [2.05, 4.69) is 13.8 Å². The highest BCUT2D eigenvalue weighted by atomic mass is 16.6. The molecule has 1 heterocycles. The minimum Gasteiger partial charge on any atom is -0.443 e. The number of likely N-dealkylation sites (tertiary alicyclic amines) is 1. The van der Waals surface area contributed by atoms with E-state index < -0.39 is 0 Å². The number of hydrogen-bond acceptors (Lipinski definition) is 2. The molecule has 1 aliphatic rings. The molecule has 0 N–H and O–H groups in total. The van der Waals surface area contributed by atoms with Crippen molar-refractivity contribution in [2.45, 2.75) is 52.6 Å². The largest absolute Gasteiger partial charge is 0.443 e. The van der Waals surface area contributed by atoms with E-state index in [0.29, 0.717) is 5.92 Å². The first-order valence-electron chi connectivity index (χ1n) is 5.91. The average molecular weight is 213 g/mol. The molecule has 3 nitrogen and oxygen atoms in total. The summed E-state index contributed by atoms with van der Waals surface area (Å²) in [6.45, 7) is 9.80. The zero-order chi connectivity index (χ0) is 11.5. The van der Waals surface area contributed by atoms with Gasteiger partial charge in [-0.15, -0.1) is 0 Å². The second kappa shape index (κ2) is 4.86. The second-order valence-corrected chi connectivity index (χ2v) is 5.17. The van der Waals surface area contributed by atoms with Crippen LogP contribution in [0.4, 0.5) is 4.79 Å². The van der Waals surface area contributed by atoms with Crippen LogP contribution in [-0.4, -0.2) is 29.7 Å². The van der Waals surface area contributed by atoms with Crippen LogP contribution in [0.1, 0.15) is 47.0 Å². The first-order chi connectivity index (χ1) is 6.93. The van der Waals surface area contributed by atoms with Gasteiger partial charge < -0.3 is 9.64 Å². The van der Waals surface area contributed by atoms with E-state index in [0.717, 1.165) is 25.9 Å². The number of nitrogens with zero attached hydrogens (tertiary/aromatic N) is 1. The van der Waals surface area contributed by atoms with E-state index in [1.807, 2.05) is 18.7 Å². The van der Waals surface area contributed by atoms with Crippen LogP contribution in [0.2, 0.25) is 0 Å². The molecule has 0 bridgehead atoms. The normalized spacial score (nSPS) is 18.1. The Morgan fingerprint density at radius 1 is 1.20 bits per heavy atom. The summed E-state index contributed by atoms with van der Waals surface area (Å²) in [4.78, 5) is 13.6. The molecule has 0 atom stereocenters. The van der Waals surface area contributed by atoms with Crippen LogP contribution in [0.5, 0.6) is 0 Å². The summed E-state index contributed by atoms with van der Waals surface area (Å²) < 4.78 is 5.53. The van der Waals surface area contributed by atoms with Crippen molar-refractivity contribution in [1.29, 1.82) is 0 Å². The predicted molar refractivity (Wildman–Crippen MR) is 60.8 cm³/mol. The zero-order valence-corrected chi connectivity index (χ0v) is 10.4. The van der Waals surface area contributed by atoms with Crippen molar-refractivity contribution < 1.29 is 9.53 Å². The van der Waals surface area contributed by atoms with Crippen LogP contribution in [-0.2, 0) is 4.74 Å². The van der Waals surface area contributed by atoms with Gasteiger partial charge in [-0.1, -0.05) is 13.8 Å². The third kappa shape index (κ3) is 3.40. The first-order valence-corrected chi connectivity index (χ1v) is 5.91. The number of carbonyl (C=O) groups excluding carboxylic acids is 1. The maximum Gasteiger partial charge on any atom is 0.410 e. The molecular weight excluding hydrogens is 190 g/mol. The van der Waals surface area contributed by atoms with Gasteiger partial charge in [0.2, 0.25) is 0 Å². The lowest BCUT2D eigenvalue weighted by atomic mass is 9.95. The van der Waals surface area contributed by atoms with Crippen LogP contribution in [0, 0.1) is 5.92 Å². The lowest BCUT2D eigenvalue weighted by Crippen LogP contribution is -2.42. The first kappa shape index (κ1) is 12.3. The number of ether oxygens (including phenoxy) is 1. The number of piperidine rings is 1. The Bertz CT molecular complexity index is 218. The monoisotopic (exact) mass is 213 g/mol. The van der Waals surface area contributed by atoms with Gasteiger partial charge in [-0.25, -0.2) is 4.79 Å². The van der Waals surface area contributed by atoms with Gasteiger partial charge in [0, 0.05) is 13.1 Å². The molecule has 0 aromatic heterocycles. The summed E-state index contributed by atoms with van der Waals surface area (Å²) in [7, 11) is 0. The molecule has 1 fully saturated rings. The van der Waals surface area contributed by atoms with Crippen LogP contribution >= 0.6 is 0 Å². The molecular formula is C12H23NO2. The fourth-order valence-electron chi connectivity index (χ4n) is 1.48. The van der Waals surface area contributed by atoms with Crippen molar-refractivity contribution in [2.24, 2.45) is 5.92 Å². The molecule has 0 unspecified atom stereocenters. The van der Waals surface area contributed by atoms with Crippen LogP contribution in [0.3, 0.4) is 0 Å². The lowest BCUT2D eigenvalue weighted by molar-refractivity contribution is -0.0171. The Balaban J connectivity index is 2.47. The zero-order valence-electron chi connectivity index (χ0n) is 10.4. The minimum absolute atomic E-state index is 0.145. The van der Waals surface area contributed by atoms with Crippen molar-refractivity contribution in [2.75, 3.05) is 13.1 Å². The van der Waals surface area contributed by atoms with Gasteiger partial charge in [0.25, 0.3) is 0 Å². The molecule has 0 aliphatic carbocycles. The molecule has 88 valence electrons. The van der Waals surface area contributed by atoms with Gasteiger partial charge in [-0.2, -0.15) is 0 Å². The van der Waals surface area contributed by atoms with E-state index in [-0.39, 0.29) is 11.7 Å². The Morgan fingerprint density at radius 2 is 1.73 bits per heavy atom. The molecule has 1 rings (SSSR count). The third-order valence-corrected chi connectivity index (χ3v) is 3.36. The Morgan fingerprint density at radius 3 is 2.20 bits per heavy atom. The number of carbonyl (C=O) groups is 1. The summed E-state index contributed by atoms with van der Waals surface area (Å²) in [5.74, 6) is 0.339. The van der Waals surface area contributed by atoms with Gasteiger partial charge in [0.05, 0.1) is 0 Å². The van der Waals surface area contributed by atoms with Crippen LogP contribution in [0.15, 0.2) is 0 Å². The van der Waals surface area contributed by atoms with Gasteiger partial charge in [-0.05, 0) is 39.0 Å². The molecule has 1 amide bonds. The third-order valence-electron chi connectivity index (χ3n) is 3.36. The van der Waals surface area contributed by atoms with Crippen molar-refractivity contribution in [3.05, 3.63) is 0 Å². The highest BCUT2D eigenvalue weighted by Gasteiger charge is 2.29. The van der Waals surface area contributed by atoms with Crippen LogP contribution < -0.4 is 0 Å². The summed E-state index contributed by atoms with van der Waals surface area (Å²) in [6, 6.07) is 0. The Labute approximate surface area is 92.8 Å². The van der Waals surface area contributed by atoms with E-state index >= 15 is 0 Å². The van der Waals surface area contributed by atoms with Gasteiger partial charge in [0.1, 0.15) is 5.60 Å². The molecule has 0 spiro atoms. The molecule has 1 aliphatic heterocycles. The quantitative estimate of drug-likeness (QED) is 0.705. The van der Waals surface area contributed by atoms with Gasteiger partial charge in [-0.3, -0.25) is 0 Å². The number of rotatable bonds is 2. The summed E-state index contributed by atoms with van der Waals surface area (Å²) in [6.07, 6.45) is 3.31. The summed E-state index contributed by atoms with van der Waals surface area (Å²) >= 11 is 0. The molecule has 15 heavy (non-hydrogen) atoms. The fraction of sp³-hybridized carbons (Fsp3) is 0.917. The summed E-state index contributed by atoms with van der Waals surface area (Å²) in [5.41, 5.74) is -0.367. The van der Waals surface area contributed by atoms with E-state index in [4.69, 9.17) is 4.74 Å². The smallest absolute Gasteiger partial charge is 0.410 e. The lowest BCUT2D eigenvalue weighted by Gasteiger charge is -2.33. The van der Waals surface area contributed by atoms with Crippen molar-refractivity contribution >= 4 is 6.09 Å². The molecule has 3 heteroatoms. The summed E-state index contributed by atoms with van der Waals surface area (Å²) in [5, 5.41) is 0. The minimum atomic E-state index is -0.367. The van der Waals surface area contributed by atoms with E-state index in [1.165, 1.54) is 6.42 Å². The van der Waals surface area contributed by atoms with Crippen LogP contribution in [0.25, 0.3) is 0 Å². The van der Waals surface area contributed by atoms with Crippen molar-refractivity contribution in [1.82, 2.24) is 4.90 Å². The van der Waals surface area contributed by atoms with Crippen molar-refractivity contribution in [3.63, 3.8) is 0 Å². The number of amides is 1. The molecule has 0 aromatic carbocycles. The Kier molecular flexibility index (Phi) is 4.00. The maximum absolute atomic E-state index is 11.8. The van der Waals surface area contributed by atoms with Crippen molar-refractivity contribution in [3.8, 4) is 0 Å². The molecule has 0 radical (unpaired) electrons. The average Bonchev–Trinajstić information content (AvgIpc) is 2.18. The number of hydrogen-bond donors (Lipinski definition) is 0. The molecule has 0 aromatic rings. The standard InChI is InChI=1S/C12H23NO2/c1-10(2)12(3,4)15-11(14)13-8-6-5-7-9-13/h10H,5-9H2,1-4H3. The highest BCUT2D eigenvalue weighted by molar-refractivity contribution is 5.68. The predicted octanol–water partition coefficient (Wildman–Crippen LogP) is 3.04. The highest BCUT2D eigenvalue weighted by Crippen LogP contribution is 2.22. The van der Waals surface area contributed by atoms with E-state index in [1.54, 1.807) is 0 Å². The fourth-order valence-corrected chi connectivity index (χ4v) is 1.48. The maximum atomic E-state index is 11.8. The van der Waals surface area contributed by atoms with E-state index in [9.17, 15) is 4.79 Å². The second-order valence-electron chi connectivity index (χ2n) is 5.17. The van der Waals surface area contributed by atoms with Gasteiger partial charge >= 0.3 is 6.09 Å². The van der Waals surface area contributed by atoms with Gasteiger partial charge in [0.15, 0.2) is 0 Å². The molecule has 0 saturated carbocycles. The SMILES string of the molecule is CC(C)C(C)(C)OC(=O)N1CCCCC1. The topological polar surface area (TPSA) is 29.5 Å². The Hall–Kier alpha value is -0.730.